The maximum atomic E-state index is 13.1. The van der Waals surface area contributed by atoms with E-state index < -0.39 is 15.8 Å². The highest BCUT2D eigenvalue weighted by atomic mass is 35.5. The van der Waals surface area contributed by atoms with E-state index in [1.807, 2.05) is 6.20 Å². The number of hydrogen-bond donors (Lipinski definition) is 1. The number of nitrogens with one attached hydrogen (secondary N) is 1. The average molecular weight is 438 g/mol. The minimum atomic E-state index is -3.42. The Labute approximate surface area is 177 Å². The van der Waals surface area contributed by atoms with Crippen molar-refractivity contribution in [1.29, 1.82) is 0 Å². The van der Waals surface area contributed by atoms with Gasteiger partial charge in [0.05, 0.1) is 15.8 Å². The van der Waals surface area contributed by atoms with Gasteiger partial charge in [-0.1, -0.05) is 50.3 Å². The summed E-state index contributed by atoms with van der Waals surface area (Å²) in [6, 6.07) is 6.61. The summed E-state index contributed by atoms with van der Waals surface area (Å²) in [4.78, 5) is 13.2. The number of rotatable bonds is 8. The standard InChI is InChI=1S/C21H28ClN3O3S/c1-3-11-25-12-10-20(24-25)23-21(26)17(13-15-6-4-5-7-15)16-8-9-19(18(22)14-16)29(2,27)28/h8-10,12,14-15,17H,3-7,11,13H2,1-2H3,(H,23,24,26). The summed E-state index contributed by atoms with van der Waals surface area (Å²) < 4.78 is 25.5. The van der Waals surface area contributed by atoms with Gasteiger partial charge in [0.25, 0.3) is 0 Å². The fraction of sp³-hybridized carbons (Fsp3) is 0.524. The molecular weight excluding hydrogens is 410 g/mol. The molecule has 0 radical (unpaired) electrons. The number of carbonyl (C=O) groups excluding carboxylic acids is 1. The van der Waals surface area contributed by atoms with Crippen molar-refractivity contribution in [3.8, 4) is 0 Å². The quantitative estimate of drug-likeness (QED) is 0.651. The lowest BCUT2D eigenvalue weighted by Crippen LogP contribution is -2.23. The van der Waals surface area contributed by atoms with Gasteiger partial charge in [0, 0.05) is 25.1 Å². The van der Waals surface area contributed by atoms with Crippen molar-refractivity contribution in [2.75, 3.05) is 11.6 Å². The highest BCUT2D eigenvalue weighted by Crippen LogP contribution is 2.36. The number of carbonyl (C=O) groups is 1. The van der Waals surface area contributed by atoms with Crippen LogP contribution in [-0.2, 0) is 21.2 Å². The summed E-state index contributed by atoms with van der Waals surface area (Å²) in [7, 11) is -3.42. The second-order valence-corrected chi connectivity index (χ2v) is 10.2. The molecule has 8 heteroatoms. The van der Waals surface area contributed by atoms with Gasteiger partial charge < -0.3 is 5.32 Å². The first-order chi connectivity index (χ1) is 13.8. The summed E-state index contributed by atoms with van der Waals surface area (Å²) in [5.74, 6) is 0.470. The third-order valence-corrected chi connectivity index (χ3v) is 7.04. The van der Waals surface area contributed by atoms with E-state index in [1.165, 1.54) is 18.9 Å². The van der Waals surface area contributed by atoms with Crippen molar-refractivity contribution in [3.05, 3.63) is 41.0 Å². The smallest absolute Gasteiger partial charge is 0.233 e. The van der Waals surface area contributed by atoms with Gasteiger partial charge in [0.15, 0.2) is 15.7 Å². The van der Waals surface area contributed by atoms with Crippen LogP contribution in [0.1, 0.15) is 56.9 Å². The molecule has 0 spiro atoms. The number of anilines is 1. The molecule has 2 aromatic rings. The molecule has 3 rings (SSSR count). The Morgan fingerprint density at radius 1 is 1.31 bits per heavy atom. The van der Waals surface area contributed by atoms with E-state index in [9.17, 15) is 13.2 Å². The van der Waals surface area contributed by atoms with Crippen molar-refractivity contribution >= 4 is 33.2 Å². The van der Waals surface area contributed by atoms with Crippen LogP contribution in [0.3, 0.4) is 0 Å². The lowest BCUT2D eigenvalue weighted by Gasteiger charge is -2.21. The van der Waals surface area contributed by atoms with Crippen LogP contribution in [-0.4, -0.2) is 30.4 Å². The fourth-order valence-corrected chi connectivity index (χ4v) is 5.34. The second-order valence-electron chi connectivity index (χ2n) is 7.85. The fourth-order valence-electron chi connectivity index (χ4n) is 4.00. The van der Waals surface area contributed by atoms with Gasteiger partial charge >= 0.3 is 0 Å². The molecule has 1 aromatic heterocycles. The maximum Gasteiger partial charge on any atom is 0.233 e. The monoisotopic (exact) mass is 437 g/mol. The van der Waals surface area contributed by atoms with Crippen molar-refractivity contribution in [1.82, 2.24) is 9.78 Å². The van der Waals surface area contributed by atoms with Crippen molar-refractivity contribution in [2.45, 2.75) is 62.8 Å². The third-order valence-electron chi connectivity index (χ3n) is 5.46. The van der Waals surface area contributed by atoms with E-state index in [0.29, 0.717) is 11.7 Å². The van der Waals surface area contributed by atoms with Gasteiger partial charge in [-0.3, -0.25) is 9.48 Å². The lowest BCUT2D eigenvalue weighted by molar-refractivity contribution is -0.118. The van der Waals surface area contributed by atoms with Crippen molar-refractivity contribution in [2.24, 2.45) is 5.92 Å². The summed E-state index contributed by atoms with van der Waals surface area (Å²) in [6.45, 7) is 2.87. The van der Waals surface area contributed by atoms with Gasteiger partial charge in [-0.15, -0.1) is 0 Å². The van der Waals surface area contributed by atoms with Crippen LogP contribution >= 0.6 is 11.6 Å². The van der Waals surface area contributed by atoms with E-state index in [4.69, 9.17) is 11.6 Å². The van der Waals surface area contributed by atoms with Crippen LogP contribution in [0, 0.1) is 5.92 Å². The summed E-state index contributed by atoms with van der Waals surface area (Å²) >= 11 is 6.25. The SMILES string of the molecule is CCCn1ccc(NC(=O)C(CC2CCCC2)c2ccc(S(C)(=O)=O)c(Cl)c2)n1. The van der Waals surface area contributed by atoms with Gasteiger partial charge in [-0.05, 0) is 36.5 Å². The Bertz CT molecular complexity index is 965. The molecule has 1 N–H and O–H groups in total. The Morgan fingerprint density at radius 2 is 2.03 bits per heavy atom. The highest BCUT2D eigenvalue weighted by Gasteiger charge is 2.28. The summed E-state index contributed by atoms with van der Waals surface area (Å²) in [6.07, 6.45) is 9.27. The van der Waals surface area contributed by atoms with Crippen molar-refractivity contribution < 1.29 is 13.2 Å². The molecule has 6 nitrogen and oxygen atoms in total. The first-order valence-electron chi connectivity index (χ1n) is 10.1. The molecule has 1 atom stereocenters. The molecule has 0 bridgehead atoms. The van der Waals surface area contributed by atoms with E-state index in [1.54, 1.807) is 22.9 Å². The molecule has 1 amide bonds. The predicted molar refractivity (Wildman–Crippen MR) is 115 cm³/mol. The number of sulfone groups is 1. The maximum absolute atomic E-state index is 13.1. The predicted octanol–water partition coefficient (Wildman–Crippen LogP) is 4.65. The number of halogens is 1. The van der Waals surface area contributed by atoms with Crippen LogP contribution in [0.15, 0.2) is 35.4 Å². The Balaban J connectivity index is 1.85. The molecule has 29 heavy (non-hydrogen) atoms. The molecule has 1 aliphatic rings. The van der Waals surface area contributed by atoms with E-state index >= 15 is 0 Å². The zero-order valence-electron chi connectivity index (χ0n) is 16.9. The number of nitrogens with zero attached hydrogens (tertiary/aromatic N) is 2. The minimum Gasteiger partial charge on any atom is -0.309 e. The zero-order chi connectivity index (χ0) is 21.0. The number of aryl methyl sites for hydroxylation is 1. The molecule has 0 saturated heterocycles. The molecular formula is C21H28ClN3O3S. The Hall–Kier alpha value is -1.86. The van der Waals surface area contributed by atoms with Crippen LogP contribution < -0.4 is 5.32 Å². The molecule has 1 fully saturated rings. The molecule has 1 unspecified atom stereocenters. The number of aromatic nitrogens is 2. The summed E-state index contributed by atoms with van der Waals surface area (Å²) in [5, 5.41) is 7.47. The normalized spacial score (nSPS) is 16.1. The highest BCUT2D eigenvalue weighted by molar-refractivity contribution is 7.90. The number of amides is 1. The molecule has 1 aliphatic carbocycles. The molecule has 1 aromatic carbocycles. The minimum absolute atomic E-state index is 0.0845. The Kier molecular flexibility index (Phi) is 7.01. The third kappa shape index (κ3) is 5.60. The average Bonchev–Trinajstić information content (AvgIpc) is 3.31. The molecule has 0 aliphatic heterocycles. The number of hydrogen-bond acceptors (Lipinski definition) is 4. The van der Waals surface area contributed by atoms with Gasteiger partial charge in [0.1, 0.15) is 0 Å². The van der Waals surface area contributed by atoms with E-state index in [-0.39, 0.29) is 15.8 Å². The van der Waals surface area contributed by atoms with E-state index in [2.05, 4.69) is 17.3 Å². The van der Waals surface area contributed by atoms with Crippen LogP contribution in [0.5, 0.6) is 0 Å². The number of benzene rings is 1. The molecule has 1 saturated carbocycles. The molecule has 158 valence electrons. The van der Waals surface area contributed by atoms with Crippen molar-refractivity contribution in [3.63, 3.8) is 0 Å². The topological polar surface area (TPSA) is 81.1 Å². The first kappa shape index (κ1) is 21.8. The zero-order valence-corrected chi connectivity index (χ0v) is 18.5. The largest absolute Gasteiger partial charge is 0.309 e. The first-order valence-corrected chi connectivity index (χ1v) is 12.4. The van der Waals surface area contributed by atoms with Gasteiger partial charge in [0.2, 0.25) is 5.91 Å². The van der Waals surface area contributed by atoms with Gasteiger partial charge in [-0.2, -0.15) is 5.10 Å². The second kappa shape index (κ2) is 9.30. The summed E-state index contributed by atoms with van der Waals surface area (Å²) in [5.41, 5.74) is 0.736. The van der Waals surface area contributed by atoms with E-state index in [0.717, 1.165) is 44.0 Å². The van der Waals surface area contributed by atoms with Gasteiger partial charge in [-0.25, -0.2) is 8.42 Å². The van der Waals surface area contributed by atoms with Crippen LogP contribution in [0.2, 0.25) is 5.02 Å². The lowest BCUT2D eigenvalue weighted by atomic mass is 9.87. The van der Waals surface area contributed by atoms with Crippen LogP contribution in [0.25, 0.3) is 0 Å². The Morgan fingerprint density at radius 3 is 2.66 bits per heavy atom. The molecule has 1 heterocycles. The van der Waals surface area contributed by atoms with Crippen LogP contribution in [0.4, 0.5) is 5.82 Å².